The van der Waals surface area contributed by atoms with Crippen molar-refractivity contribution in [3.05, 3.63) is 35.6 Å². The first-order valence-electron chi connectivity index (χ1n) is 6.55. The highest BCUT2D eigenvalue weighted by Gasteiger charge is 2.44. The van der Waals surface area contributed by atoms with E-state index in [0.717, 1.165) is 18.4 Å². The zero-order valence-corrected chi connectivity index (χ0v) is 10.8. The molecule has 1 aromatic carbocycles. The van der Waals surface area contributed by atoms with Gasteiger partial charge in [-0.2, -0.15) is 0 Å². The van der Waals surface area contributed by atoms with E-state index < -0.39 is 0 Å². The zero-order chi connectivity index (χ0) is 13.7. The Labute approximate surface area is 112 Å². The van der Waals surface area contributed by atoms with Crippen LogP contribution in [0.15, 0.2) is 24.3 Å². The lowest BCUT2D eigenvalue weighted by Gasteiger charge is -2.17. The molecule has 4 nitrogen and oxygen atoms in total. The highest BCUT2D eigenvalue weighted by Crippen LogP contribution is 2.47. The SMILES string of the molecule is O=C(NCCCO)NCC1(c2cccc(F)c2)CC1. The summed E-state index contributed by atoms with van der Waals surface area (Å²) >= 11 is 0. The van der Waals surface area contributed by atoms with Gasteiger partial charge in [0.25, 0.3) is 0 Å². The van der Waals surface area contributed by atoms with Gasteiger partial charge in [-0.15, -0.1) is 0 Å². The van der Waals surface area contributed by atoms with Crippen LogP contribution < -0.4 is 10.6 Å². The van der Waals surface area contributed by atoms with Gasteiger partial charge in [0, 0.05) is 25.1 Å². The first-order chi connectivity index (χ1) is 9.16. The Bertz CT molecular complexity index is 447. The van der Waals surface area contributed by atoms with E-state index in [1.165, 1.54) is 6.07 Å². The highest BCUT2D eigenvalue weighted by atomic mass is 19.1. The molecule has 19 heavy (non-hydrogen) atoms. The Morgan fingerprint density at radius 3 is 2.79 bits per heavy atom. The summed E-state index contributed by atoms with van der Waals surface area (Å²) < 4.78 is 13.2. The van der Waals surface area contributed by atoms with Gasteiger partial charge >= 0.3 is 6.03 Å². The molecule has 104 valence electrons. The molecule has 1 saturated carbocycles. The Kier molecular flexibility index (Phi) is 4.37. The predicted molar refractivity (Wildman–Crippen MR) is 70.4 cm³/mol. The Morgan fingerprint density at radius 1 is 1.37 bits per heavy atom. The van der Waals surface area contributed by atoms with Crippen molar-refractivity contribution >= 4 is 6.03 Å². The van der Waals surface area contributed by atoms with Crippen molar-refractivity contribution in [1.82, 2.24) is 10.6 Å². The molecule has 0 spiro atoms. The fraction of sp³-hybridized carbons (Fsp3) is 0.500. The molecule has 0 heterocycles. The van der Waals surface area contributed by atoms with Crippen molar-refractivity contribution in [2.24, 2.45) is 0 Å². The lowest BCUT2D eigenvalue weighted by molar-refractivity contribution is 0.237. The van der Waals surface area contributed by atoms with Crippen molar-refractivity contribution in [3.8, 4) is 0 Å². The number of carbonyl (C=O) groups is 1. The third kappa shape index (κ3) is 3.67. The molecule has 0 saturated heterocycles. The summed E-state index contributed by atoms with van der Waals surface area (Å²) in [6.45, 7) is 1.03. The van der Waals surface area contributed by atoms with Crippen molar-refractivity contribution in [1.29, 1.82) is 0 Å². The van der Waals surface area contributed by atoms with Gasteiger partial charge in [-0.05, 0) is 37.0 Å². The molecule has 3 N–H and O–H groups in total. The molecule has 0 aromatic heterocycles. The molecule has 1 fully saturated rings. The molecule has 0 aliphatic heterocycles. The van der Waals surface area contributed by atoms with Gasteiger partial charge in [0.1, 0.15) is 5.82 Å². The zero-order valence-electron chi connectivity index (χ0n) is 10.8. The number of benzene rings is 1. The minimum atomic E-state index is -0.240. The average molecular weight is 266 g/mol. The maximum Gasteiger partial charge on any atom is 0.314 e. The molecule has 0 radical (unpaired) electrons. The number of aliphatic hydroxyl groups excluding tert-OH is 1. The number of rotatable bonds is 6. The smallest absolute Gasteiger partial charge is 0.314 e. The second-order valence-corrected chi connectivity index (χ2v) is 4.98. The van der Waals surface area contributed by atoms with Gasteiger partial charge in [-0.1, -0.05) is 12.1 Å². The van der Waals surface area contributed by atoms with Crippen LogP contribution in [0.4, 0.5) is 9.18 Å². The van der Waals surface area contributed by atoms with Crippen LogP contribution in [-0.4, -0.2) is 30.8 Å². The highest BCUT2D eigenvalue weighted by molar-refractivity contribution is 5.74. The third-order valence-electron chi connectivity index (χ3n) is 3.50. The molecule has 1 aliphatic carbocycles. The summed E-state index contributed by atoms with van der Waals surface area (Å²) in [6, 6.07) is 6.33. The van der Waals surface area contributed by atoms with E-state index in [9.17, 15) is 9.18 Å². The fourth-order valence-electron chi connectivity index (χ4n) is 2.13. The quantitative estimate of drug-likeness (QED) is 0.684. The molecule has 0 atom stereocenters. The summed E-state index contributed by atoms with van der Waals surface area (Å²) in [5.41, 5.74) is 0.847. The number of aliphatic hydroxyl groups is 1. The lowest BCUT2D eigenvalue weighted by atomic mass is 9.96. The van der Waals surface area contributed by atoms with E-state index in [1.807, 2.05) is 6.07 Å². The minimum Gasteiger partial charge on any atom is -0.396 e. The summed E-state index contributed by atoms with van der Waals surface area (Å²) in [5, 5.41) is 14.1. The molecule has 0 bridgehead atoms. The molecular weight excluding hydrogens is 247 g/mol. The normalized spacial score (nSPS) is 15.9. The van der Waals surface area contributed by atoms with E-state index in [2.05, 4.69) is 10.6 Å². The number of carbonyl (C=O) groups excluding carboxylic acids is 1. The summed E-state index contributed by atoms with van der Waals surface area (Å²) in [6.07, 6.45) is 2.48. The molecular formula is C14H19FN2O2. The first-order valence-corrected chi connectivity index (χ1v) is 6.55. The largest absolute Gasteiger partial charge is 0.396 e. The van der Waals surface area contributed by atoms with Crippen molar-refractivity contribution in [3.63, 3.8) is 0 Å². The maximum absolute atomic E-state index is 13.2. The molecule has 1 aromatic rings. The van der Waals surface area contributed by atoms with Gasteiger partial charge in [0.2, 0.25) is 0 Å². The maximum atomic E-state index is 13.2. The Hall–Kier alpha value is -1.62. The van der Waals surface area contributed by atoms with Crippen molar-refractivity contribution in [2.75, 3.05) is 19.7 Å². The van der Waals surface area contributed by atoms with Crippen LogP contribution in [0.2, 0.25) is 0 Å². The van der Waals surface area contributed by atoms with Crippen LogP contribution in [0.25, 0.3) is 0 Å². The summed E-state index contributed by atoms with van der Waals surface area (Å²) in [4.78, 5) is 11.5. The van der Waals surface area contributed by atoms with Crippen LogP contribution in [0.5, 0.6) is 0 Å². The number of hydrogen-bond donors (Lipinski definition) is 3. The van der Waals surface area contributed by atoms with Crippen LogP contribution >= 0.6 is 0 Å². The fourth-order valence-corrected chi connectivity index (χ4v) is 2.13. The molecule has 2 rings (SSSR count). The Morgan fingerprint density at radius 2 is 2.16 bits per heavy atom. The minimum absolute atomic E-state index is 0.0630. The monoisotopic (exact) mass is 266 g/mol. The van der Waals surface area contributed by atoms with E-state index in [4.69, 9.17) is 5.11 Å². The van der Waals surface area contributed by atoms with Crippen molar-refractivity contribution in [2.45, 2.75) is 24.7 Å². The van der Waals surface area contributed by atoms with Crippen LogP contribution in [0.3, 0.4) is 0 Å². The van der Waals surface area contributed by atoms with Gasteiger partial charge in [-0.25, -0.2) is 9.18 Å². The van der Waals surface area contributed by atoms with Crippen LogP contribution in [0, 0.1) is 5.82 Å². The van der Waals surface area contributed by atoms with E-state index in [-0.39, 0.29) is 23.9 Å². The Balaban J connectivity index is 1.84. The van der Waals surface area contributed by atoms with Crippen molar-refractivity contribution < 1.29 is 14.3 Å². The van der Waals surface area contributed by atoms with Crippen LogP contribution in [0.1, 0.15) is 24.8 Å². The number of urea groups is 1. The number of hydrogen-bond acceptors (Lipinski definition) is 2. The lowest BCUT2D eigenvalue weighted by Crippen LogP contribution is -2.40. The van der Waals surface area contributed by atoms with Gasteiger partial charge in [0.15, 0.2) is 0 Å². The van der Waals surface area contributed by atoms with E-state index in [0.29, 0.717) is 19.5 Å². The molecule has 2 amide bonds. The second-order valence-electron chi connectivity index (χ2n) is 4.98. The number of nitrogens with one attached hydrogen (secondary N) is 2. The topological polar surface area (TPSA) is 61.4 Å². The van der Waals surface area contributed by atoms with Gasteiger partial charge < -0.3 is 15.7 Å². The third-order valence-corrected chi connectivity index (χ3v) is 3.50. The van der Waals surface area contributed by atoms with Crippen LogP contribution in [-0.2, 0) is 5.41 Å². The van der Waals surface area contributed by atoms with Gasteiger partial charge in [-0.3, -0.25) is 0 Å². The second kappa shape index (κ2) is 6.02. The first kappa shape index (κ1) is 13.8. The standard InChI is InChI=1S/C14H19FN2O2/c15-12-4-1-3-11(9-12)14(5-6-14)10-17-13(19)16-7-2-8-18/h1,3-4,9,18H,2,5-8,10H2,(H2,16,17,19). The number of amides is 2. The number of halogens is 1. The van der Waals surface area contributed by atoms with E-state index >= 15 is 0 Å². The van der Waals surface area contributed by atoms with Gasteiger partial charge in [0.05, 0.1) is 0 Å². The molecule has 5 heteroatoms. The molecule has 1 aliphatic rings. The van der Waals surface area contributed by atoms with E-state index in [1.54, 1.807) is 12.1 Å². The molecule has 0 unspecified atom stereocenters. The summed E-state index contributed by atoms with van der Waals surface area (Å²) in [5.74, 6) is -0.240. The predicted octanol–water partition coefficient (Wildman–Crippen LogP) is 1.54. The average Bonchev–Trinajstić information content (AvgIpc) is 3.18. The summed E-state index contributed by atoms with van der Waals surface area (Å²) in [7, 11) is 0.